The number of rotatable bonds is 9. The second-order valence-electron chi connectivity index (χ2n) is 16.1. The molecule has 5 aromatic rings. The molecule has 0 saturated carbocycles. The number of ether oxygens (including phenoxy) is 2. The number of carbonyl (C=O) groups is 4. The number of nitrogens with zero attached hydrogens (tertiary/aromatic N) is 1. The number of H-pyrrole nitrogens is 2. The number of hydrogen-bond acceptors (Lipinski definition) is 10. The number of hydrazine groups is 1. The normalized spacial score (nSPS) is 12.8. The maximum Gasteiger partial charge on any atom is 0.407 e. The van der Waals surface area contributed by atoms with Gasteiger partial charge >= 0.3 is 12.2 Å². The second kappa shape index (κ2) is 23.9. The van der Waals surface area contributed by atoms with E-state index in [1.807, 2.05) is 52.2 Å². The Kier molecular flexibility index (Phi) is 20.8. The molecular weight excluding hydrogens is 781 g/mol. The van der Waals surface area contributed by atoms with Crippen LogP contribution in [0.15, 0.2) is 73.1 Å². The van der Waals surface area contributed by atoms with Gasteiger partial charge in [0.05, 0.1) is 23.7 Å². The zero-order chi connectivity index (χ0) is 44.1. The van der Waals surface area contributed by atoms with Crippen LogP contribution in [0.25, 0.3) is 21.8 Å². The van der Waals surface area contributed by atoms with Crippen molar-refractivity contribution in [2.75, 3.05) is 19.7 Å². The van der Waals surface area contributed by atoms with E-state index in [-0.39, 0.29) is 43.9 Å². The van der Waals surface area contributed by atoms with Crippen LogP contribution in [0.3, 0.4) is 0 Å². The molecule has 4 amide bonds. The molecule has 1 aliphatic rings. The van der Waals surface area contributed by atoms with Crippen molar-refractivity contribution < 1.29 is 39.2 Å². The average molecular weight is 849 g/mol. The first kappa shape index (κ1) is 53.2. The van der Waals surface area contributed by atoms with E-state index in [1.165, 1.54) is 15.8 Å². The van der Waals surface area contributed by atoms with E-state index < -0.39 is 29.4 Å². The van der Waals surface area contributed by atoms with Gasteiger partial charge in [0.2, 0.25) is 0 Å². The molecule has 16 heteroatoms. The number of nitrogens with one attached hydrogen (secondary N) is 4. The minimum Gasteiger partial charge on any atom is -0.444 e. The number of fused-ring (bicyclic) bond motifs is 3. The van der Waals surface area contributed by atoms with Crippen molar-refractivity contribution in [3.8, 4) is 0 Å². The van der Waals surface area contributed by atoms with Gasteiger partial charge in [0.25, 0.3) is 11.8 Å². The van der Waals surface area contributed by atoms with E-state index in [2.05, 4.69) is 63.5 Å². The first-order chi connectivity index (χ1) is 27.8. The summed E-state index contributed by atoms with van der Waals surface area (Å²) in [5, 5.41) is 15.5. The van der Waals surface area contributed by atoms with Crippen molar-refractivity contribution in [3.05, 3.63) is 106 Å². The zero-order valence-electron chi connectivity index (χ0n) is 36.2. The molecule has 3 heterocycles. The highest BCUT2D eigenvalue weighted by Crippen LogP contribution is 2.26. The Bertz CT molecular complexity index is 2150. The van der Waals surface area contributed by atoms with Gasteiger partial charge < -0.3 is 46.4 Å². The summed E-state index contributed by atoms with van der Waals surface area (Å²) < 4.78 is 10.7. The Labute approximate surface area is 359 Å². The zero-order valence-corrected chi connectivity index (χ0v) is 36.2. The number of hydrogen-bond donors (Lipinski definition) is 8. The minimum absolute atomic E-state index is 0. The van der Waals surface area contributed by atoms with E-state index in [9.17, 15) is 19.2 Å². The number of nitrogens with two attached hydrogens (primary N) is 3. The Morgan fingerprint density at radius 2 is 1.11 bits per heavy atom. The average Bonchev–Trinajstić information content (AvgIpc) is 3.81. The van der Waals surface area contributed by atoms with Gasteiger partial charge in [0.15, 0.2) is 0 Å². The number of alkyl carbamates (subject to hydrolysis) is 2. The molecule has 2 atom stereocenters. The van der Waals surface area contributed by atoms with Crippen molar-refractivity contribution in [1.82, 2.24) is 25.5 Å². The summed E-state index contributed by atoms with van der Waals surface area (Å²) >= 11 is 0. The van der Waals surface area contributed by atoms with Crippen LogP contribution in [0.1, 0.15) is 98.9 Å². The van der Waals surface area contributed by atoms with E-state index in [1.54, 1.807) is 52.0 Å². The third kappa shape index (κ3) is 15.6. The number of aliphatic hydroxyl groups excluding tert-OH is 1. The predicted molar refractivity (Wildman–Crippen MR) is 242 cm³/mol. The standard InChI is InChI=1S/C25H27N3O4.C17H25N3O2.C2H6O.CH4.H4N2.H2O/c1-15-9-10-21-20(11-15)16(13-26-21)12-17(27-24(31)32-25(2,3)4)14-28-22(29)18-7-5-6-8-19(18)23(28)30;1-11-5-6-15-14(7-11)12(10-19-15)8-13(9-18)20-16(21)22-17(2,3)4;1-2-3;;1-2;/h5-11,13,17,26H,12,14H2,1-4H3,(H,27,31);5-7,10,13,19H,8-9,18H2,1-4H3,(H,20,21);3H,2H2,1H3;1H4;1-2H2;1H2/t17-;13-;;;;/m11..../s1. The number of carbonyl (C=O) groups excluding carboxylic acids is 4. The quantitative estimate of drug-likeness (QED) is 0.0508. The fraction of sp³-hybridized carbons (Fsp3) is 0.422. The molecule has 0 fully saturated rings. The van der Waals surface area contributed by atoms with Gasteiger partial charge in [-0.1, -0.05) is 42.8 Å². The van der Waals surface area contributed by atoms with Crippen LogP contribution in [0, 0.1) is 13.8 Å². The molecule has 2 aromatic heterocycles. The Morgan fingerprint density at radius 3 is 1.49 bits per heavy atom. The Balaban J connectivity index is 0.000000564. The first-order valence-electron chi connectivity index (χ1n) is 19.5. The van der Waals surface area contributed by atoms with Crippen LogP contribution < -0.4 is 28.1 Å². The lowest BCUT2D eigenvalue weighted by atomic mass is 10.0. The van der Waals surface area contributed by atoms with Gasteiger partial charge in [-0.2, -0.15) is 0 Å². The third-order valence-corrected chi connectivity index (χ3v) is 8.79. The third-order valence-electron chi connectivity index (χ3n) is 8.79. The minimum atomic E-state index is -0.665. The first-order valence-corrected chi connectivity index (χ1v) is 19.5. The van der Waals surface area contributed by atoms with E-state index >= 15 is 0 Å². The predicted octanol–water partition coefficient (Wildman–Crippen LogP) is 5.71. The SMILES string of the molecule is C.CCO.Cc1ccc2[nH]cc(C[C@H](CN)NC(=O)OC(C)(C)C)c2c1.Cc1ccc2[nH]cc(C[C@H](CN3C(=O)c4ccccc4C3=O)NC(=O)OC(C)(C)C)c2c1.NN.O. The lowest BCUT2D eigenvalue weighted by Crippen LogP contribution is -2.48. The fourth-order valence-electron chi connectivity index (χ4n) is 6.38. The lowest BCUT2D eigenvalue weighted by Gasteiger charge is -2.26. The van der Waals surface area contributed by atoms with Gasteiger partial charge in [0, 0.05) is 53.4 Å². The molecule has 1 aliphatic heterocycles. The monoisotopic (exact) mass is 849 g/mol. The summed E-state index contributed by atoms with van der Waals surface area (Å²) in [5.74, 6) is 7.30. The maximum absolute atomic E-state index is 12.9. The summed E-state index contributed by atoms with van der Waals surface area (Å²) in [5.41, 5.74) is 11.9. The highest BCUT2D eigenvalue weighted by atomic mass is 16.6. The van der Waals surface area contributed by atoms with Crippen LogP contribution in [-0.4, -0.2) is 92.4 Å². The second-order valence-corrected chi connectivity index (χ2v) is 16.1. The Hall–Kier alpha value is -5.78. The summed E-state index contributed by atoms with van der Waals surface area (Å²) in [7, 11) is 0. The van der Waals surface area contributed by atoms with E-state index in [4.69, 9.17) is 20.3 Å². The van der Waals surface area contributed by atoms with Gasteiger partial charge in [-0.25, -0.2) is 9.59 Å². The van der Waals surface area contributed by atoms with Crippen LogP contribution in [-0.2, 0) is 22.3 Å². The number of aliphatic hydroxyl groups is 1. The van der Waals surface area contributed by atoms with E-state index in [0.717, 1.165) is 33.1 Å². The summed E-state index contributed by atoms with van der Waals surface area (Å²) in [6.45, 7) is 17.3. The van der Waals surface area contributed by atoms with E-state index in [0.29, 0.717) is 30.5 Å². The molecule has 13 N–H and O–H groups in total. The van der Waals surface area contributed by atoms with Crippen LogP contribution in [0.4, 0.5) is 9.59 Å². The number of benzene rings is 3. The van der Waals surface area contributed by atoms with Crippen molar-refractivity contribution >= 4 is 45.8 Å². The summed E-state index contributed by atoms with van der Waals surface area (Å²) in [6, 6.07) is 18.5. The summed E-state index contributed by atoms with van der Waals surface area (Å²) in [4.78, 5) is 57.9. The van der Waals surface area contributed by atoms with Crippen molar-refractivity contribution in [3.63, 3.8) is 0 Å². The van der Waals surface area contributed by atoms with Crippen LogP contribution >= 0.6 is 0 Å². The highest BCUT2D eigenvalue weighted by molar-refractivity contribution is 6.21. The topological polar surface area (TPSA) is 275 Å². The number of imide groups is 1. The maximum atomic E-state index is 12.9. The fourth-order valence-corrected chi connectivity index (χ4v) is 6.38. The van der Waals surface area contributed by atoms with Gasteiger partial charge in [-0.05, 0) is 123 Å². The highest BCUT2D eigenvalue weighted by Gasteiger charge is 2.37. The molecule has 0 aliphatic carbocycles. The van der Waals surface area contributed by atoms with Crippen LogP contribution in [0.2, 0.25) is 0 Å². The molecule has 3 aromatic carbocycles. The molecule has 6 rings (SSSR count). The number of aryl methyl sites for hydroxylation is 2. The van der Waals surface area contributed by atoms with Crippen molar-refractivity contribution in [2.45, 2.75) is 106 Å². The van der Waals surface area contributed by atoms with Gasteiger partial charge in [0.1, 0.15) is 11.2 Å². The smallest absolute Gasteiger partial charge is 0.407 e. The Morgan fingerprint density at radius 1 is 0.738 bits per heavy atom. The molecule has 336 valence electrons. The number of aromatic nitrogens is 2. The number of amides is 4. The van der Waals surface area contributed by atoms with Gasteiger partial charge in [-0.15, -0.1) is 0 Å². The molecule has 61 heavy (non-hydrogen) atoms. The molecule has 16 nitrogen and oxygen atoms in total. The molecular formula is C45H68N8O8. The number of aromatic amines is 2. The van der Waals surface area contributed by atoms with Crippen molar-refractivity contribution in [1.29, 1.82) is 0 Å². The molecule has 0 unspecified atom stereocenters. The van der Waals surface area contributed by atoms with Crippen molar-refractivity contribution in [2.24, 2.45) is 17.4 Å². The molecule has 0 saturated heterocycles. The largest absolute Gasteiger partial charge is 0.444 e. The molecule has 0 radical (unpaired) electrons. The van der Waals surface area contributed by atoms with Gasteiger partial charge in [-0.3, -0.25) is 26.2 Å². The van der Waals surface area contributed by atoms with Crippen LogP contribution in [0.5, 0.6) is 0 Å². The molecule has 0 spiro atoms. The lowest BCUT2D eigenvalue weighted by molar-refractivity contribution is 0.0467. The summed E-state index contributed by atoms with van der Waals surface area (Å²) in [6.07, 6.45) is 3.95. The molecule has 0 bridgehead atoms.